The maximum Gasteiger partial charge on any atom is 1.00 e. The molecule has 0 aliphatic heterocycles. The van der Waals surface area contributed by atoms with E-state index in [1.807, 2.05) is 12.1 Å². The number of hydrogen-bond acceptors (Lipinski definition) is 1. The fourth-order valence-electron chi connectivity index (χ4n) is 3.33. The number of ether oxygens (including phenoxy) is 1. The van der Waals surface area contributed by atoms with Crippen molar-refractivity contribution in [3.8, 4) is 11.1 Å². The van der Waals surface area contributed by atoms with Crippen LogP contribution in [0.15, 0.2) is 60.7 Å². The van der Waals surface area contributed by atoms with Gasteiger partial charge in [-0.15, -0.1) is 0 Å². The van der Waals surface area contributed by atoms with Gasteiger partial charge >= 0.3 is 51.4 Å². The first-order chi connectivity index (χ1) is 14.4. The quantitative estimate of drug-likeness (QED) is 0.239. The molecule has 0 spiro atoms. The maximum absolute atomic E-state index is 5.65. The van der Waals surface area contributed by atoms with Crippen molar-refractivity contribution in [2.24, 2.45) is 0 Å². The number of rotatable bonds is 15. The normalized spacial score (nSPS) is 10.1. The van der Waals surface area contributed by atoms with Gasteiger partial charge in [0, 0.05) is 13.2 Å². The third-order valence-corrected chi connectivity index (χ3v) is 5.17. The smallest absolute Gasteiger partial charge is 1.00 e. The van der Waals surface area contributed by atoms with Gasteiger partial charge in [0.2, 0.25) is 0 Å². The average molecular weight is 437 g/mol. The summed E-state index contributed by atoms with van der Waals surface area (Å²) in [4.78, 5) is 0. The second-order valence-corrected chi connectivity index (χ2v) is 7.88. The molecule has 0 unspecified atom stereocenters. The van der Waals surface area contributed by atoms with Gasteiger partial charge in [0.15, 0.2) is 0 Å². The van der Waals surface area contributed by atoms with Gasteiger partial charge < -0.3 is 6.16 Å². The molecular formula is C28H45KO. The van der Waals surface area contributed by atoms with Crippen LogP contribution < -0.4 is 51.4 Å². The summed E-state index contributed by atoms with van der Waals surface area (Å²) in [6.45, 7) is 6.51. The summed E-state index contributed by atoms with van der Waals surface area (Å²) >= 11 is 0. The molecule has 30 heavy (non-hydrogen) atoms. The summed E-state index contributed by atoms with van der Waals surface area (Å²) < 4.78 is 5.65. The van der Waals surface area contributed by atoms with E-state index in [4.69, 9.17) is 4.74 Å². The Labute approximate surface area is 231 Å². The molecule has 0 saturated heterocycles. The maximum atomic E-state index is 5.65. The van der Waals surface area contributed by atoms with E-state index in [0.29, 0.717) is 0 Å². The molecule has 2 rings (SSSR count). The van der Waals surface area contributed by atoms with Crippen molar-refractivity contribution in [3.05, 3.63) is 60.7 Å². The summed E-state index contributed by atoms with van der Waals surface area (Å²) in [5.74, 6) is 0. The zero-order chi connectivity index (χ0) is 20.8. The van der Waals surface area contributed by atoms with Crippen molar-refractivity contribution in [2.75, 3.05) is 13.2 Å². The van der Waals surface area contributed by atoms with Crippen LogP contribution in [-0.4, -0.2) is 13.2 Å². The molecule has 0 saturated carbocycles. The molecule has 0 atom stereocenters. The van der Waals surface area contributed by atoms with Gasteiger partial charge in [-0.25, -0.2) is 0 Å². The van der Waals surface area contributed by atoms with Crippen LogP contribution in [0.4, 0.5) is 0 Å². The molecule has 2 aromatic rings. The molecule has 2 heteroatoms. The molecule has 0 heterocycles. The molecule has 0 amide bonds. The molecule has 0 fully saturated rings. The molecule has 2 aromatic carbocycles. The topological polar surface area (TPSA) is 9.23 Å². The van der Waals surface area contributed by atoms with Crippen LogP contribution in [0.1, 0.15) is 92.3 Å². The Bertz CT molecular complexity index is 510. The fraction of sp³-hybridized carbons (Fsp3) is 0.571. The van der Waals surface area contributed by atoms with Crippen LogP contribution in [0.5, 0.6) is 0 Å². The molecule has 164 valence electrons. The number of hydrogen-bond donors (Lipinski definition) is 0. The van der Waals surface area contributed by atoms with Gasteiger partial charge in [-0.05, 0) is 24.0 Å². The zero-order valence-corrected chi connectivity index (χ0v) is 23.2. The Morgan fingerprint density at radius 3 is 1.20 bits per heavy atom. The summed E-state index contributed by atoms with van der Waals surface area (Å²) in [6, 6.07) is 20.8. The van der Waals surface area contributed by atoms with Crippen molar-refractivity contribution in [1.82, 2.24) is 0 Å². The molecule has 0 aromatic heterocycles. The second-order valence-electron chi connectivity index (χ2n) is 7.88. The van der Waals surface area contributed by atoms with Gasteiger partial charge in [-0.3, -0.25) is 0 Å². The van der Waals surface area contributed by atoms with Crippen molar-refractivity contribution in [1.29, 1.82) is 0 Å². The predicted molar refractivity (Wildman–Crippen MR) is 131 cm³/mol. The van der Waals surface area contributed by atoms with Crippen molar-refractivity contribution >= 4 is 0 Å². The van der Waals surface area contributed by atoms with Crippen LogP contribution in [0.25, 0.3) is 11.1 Å². The van der Waals surface area contributed by atoms with Crippen LogP contribution in [0.3, 0.4) is 0 Å². The van der Waals surface area contributed by atoms with Crippen LogP contribution in [0, 0.1) is 0 Å². The van der Waals surface area contributed by atoms with Crippen molar-refractivity contribution in [2.45, 2.75) is 90.9 Å². The molecular weight excluding hydrogens is 391 g/mol. The van der Waals surface area contributed by atoms with E-state index in [1.54, 1.807) is 0 Å². The van der Waals surface area contributed by atoms with E-state index < -0.39 is 0 Å². The third kappa shape index (κ3) is 17.7. The molecule has 1 nitrogen and oxygen atoms in total. The Kier molecular flexibility index (Phi) is 23.7. The SMILES string of the molecule is CCCCCCCCOCCCCCCCC.[H-].[K+].c1ccc(-c2ccccc2)cc1. The third-order valence-electron chi connectivity index (χ3n) is 5.17. The summed E-state index contributed by atoms with van der Waals surface area (Å²) in [5.41, 5.74) is 2.55. The summed E-state index contributed by atoms with van der Waals surface area (Å²) in [7, 11) is 0. The second kappa shape index (κ2) is 23.7. The number of benzene rings is 2. The zero-order valence-electron chi connectivity index (χ0n) is 21.1. The molecule has 0 bridgehead atoms. The van der Waals surface area contributed by atoms with Crippen LogP contribution in [-0.2, 0) is 4.74 Å². The first kappa shape index (κ1) is 30.0. The van der Waals surface area contributed by atoms with Gasteiger partial charge in [0.1, 0.15) is 0 Å². The summed E-state index contributed by atoms with van der Waals surface area (Å²) in [6.07, 6.45) is 16.3. The molecule has 0 radical (unpaired) electrons. The van der Waals surface area contributed by atoms with Gasteiger partial charge in [-0.2, -0.15) is 0 Å². The van der Waals surface area contributed by atoms with E-state index in [1.165, 1.54) is 88.2 Å². The van der Waals surface area contributed by atoms with E-state index in [-0.39, 0.29) is 52.8 Å². The molecule has 0 N–H and O–H groups in total. The van der Waals surface area contributed by atoms with Gasteiger partial charge in [0.05, 0.1) is 0 Å². The van der Waals surface area contributed by atoms with E-state index in [2.05, 4.69) is 62.4 Å². The van der Waals surface area contributed by atoms with Gasteiger partial charge in [-0.1, -0.05) is 139 Å². The average Bonchev–Trinajstić information content (AvgIpc) is 2.79. The first-order valence-corrected chi connectivity index (χ1v) is 12.1. The predicted octanol–water partition coefficient (Wildman–Crippen LogP) is 6.19. The van der Waals surface area contributed by atoms with E-state index in [9.17, 15) is 0 Å². The van der Waals surface area contributed by atoms with Crippen molar-refractivity contribution in [3.63, 3.8) is 0 Å². The van der Waals surface area contributed by atoms with Crippen LogP contribution >= 0.6 is 0 Å². The Morgan fingerprint density at radius 2 is 0.833 bits per heavy atom. The minimum atomic E-state index is 0. The largest absolute Gasteiger partial charge is 1.00 e. The fourth-order valence-corrected chi connectivity index (χ4v) is 3.33. The minimum absolute atomic E-state index is 0. The van der Waals surface area contributed by atoms with Gasteiger partial charge in [0.25, 0.3) is 0 Å². The number of unbranched alkanes of at least 4 members (excludes halogenated alkanes) is 10. The van der Waals surface area contributed by atoms with E-state index in [0.717, 1.165) is 13.2 Å². The Hall–Kier alpha value is 0.0364. The van der Waals surface area contributed by atoms with Crippen molar-refractivity contribution < 1.29 is 57.5 Å². The van der Waals surface area contributed by atoms with Crippen LogP contribution in [0.2, 0.25) is 0 Å². The minimum Gasteiger partial charge on any atom is -1.00 e. The Balaban J connectivity index is 0. The Morgan fingerprint density at radius 1 is 0.500 bits per heavy atom. The van der Waals surface area contributed by atoms with E-state index >= 15 is 0 Å². The summed E-state index contributed by atoms with van der Waals surface area (Å²) in [5, 5.41) is 0. The monoisotopic (exact) mass is 436 g/mol. The standard InChI is InChI=1S/C16H34O.C12H10.K.H/c1-3-5-7-9-11-13-15-17-16-14-12-10-8-6-4-2;1-3-7-11(8-4-1)12-9-5-2-6-10-12;;/h3-16H2,1-2H3;1-10H;;/q;;+1;-1. The molecule has 0 aliphatic carbocycles. The first-order valence-electron chi connectivity index (χ1n) is 12.1. The molecule has 0 aliphatic rings.